The number of ether oxygens (including phenoxy) is 1. The molecule has 0 aromatic heterocycles. The second-order valence-electron chi connectivity index (χ2n) is 4.24. The van der Waals surface area contributed by atoms with Crippen molar-refractivity contribution in [3.63, 3.8) is 0 Å². The van der Waals surface area contributed by atoms with Crippen LogP contribution < -0.4 is 0 Å². The van der Waals surface area contributed by atoms with Crippen molar-refractivity contribution >= 4 is 11.7 Å². The Morgan fingerprint density at radius 3 is 2.60 bits per heavy atom. The number of hydrogen-bond donors (Lipinski definition) is 0. The molecule has 2 aliphatic rings. The van der Waals surface area contributed by atoms with Gasteiger partial charge in [-0.1, -0.05) is 12.8 Å². The first-order chi connectivity index (χ1) is 7.27. The molecular formula is C11H17NO3. The van der Waals surface area contributed by atoms with E-state index in [0.717, 1.165) is 12.8 Å². The molecule has 0 aromatic carbocycles. The first-order valence-electron chi connectivity index (χ1n) is 5.71. The Morgan fingerprint density at radius 1 is 1.27 bits per heavy atom. The predicted octanol–water partition coefficient (Wildman–Crippen LogP) is 0.747. The summed E-state index contributed by atoms with van der Waals surface area (Å²) in [7, 11) is 0. The van der Waals surface area contributed by atoms with Gasteiger partial charge in [0.1, 0.15) is 0 Å². The highest BCUT2D eigenvalue weighted by Gasteiger charge is 2.28. The lowest BCUT2D eigenvalue weighted by atomic mass is 10.3. The molecule has 2 fully saturated rings. The number of nitrogens with zero attached hydrogens (tertiary/aromatic N) is 1. The van der Waals surface area contributed by atoms with Crippen LogP contribution in [0.3, 0.4) is 0 Å². The minimum Gasteiger partial charge on any atom is -0.376 e. The van der Waals surface area contributed by atoms with Crippen LogP contribution in [0.4, 0.5) is 0 Å². The van der Waals surface area contributed by atoms with E-state index >= 15 is 0 Å². The summed E-state index contributed by atoms with van der Waals surface area (Å²) < 4.78 is 5.64. The number of hydrogen-bond acceptors (Lipinski definition) is 3. The molecule has 1 saturated carbocycles. The standard InChI is InChI=1S/C11H17NO3/c13-10-5-6-12(11(10)14)7-8-15-9-3-1-2-4-9/h9H,1-8H2. The van der Waals surface area contributed by atoms with Crippen LogP contribution in [-0.2, 0) is 14.3 Å². The van der Waals surface area contributed by atoms with Gasteiger partial charge >= 0.3 is 0 Å². The fraction of sp³-hybridized carbons (Fsp3) is 0.818. The molecule has 0 aromatic rings. The molecule has 0 unspecified atom stereocenters. The quantitative estimate of drug-likeness (QED) is 0.644. The second kappa shape index (κ2) is 4.75. The van der Waals surface area contributed by atoms with Crippen molar-refractivity contribution in [1.82, 2.24) is 4.90 Å². The molecule has 0 bridgehead atoms. The topological polar surface area (TPSA) is 46.6 Å². The summed E-state index contributed by atoms with van der Waals surface area (Å²) in [5.41, 5.74) is 0. The number of carbonyl (C=O) groups excluding carboxylic acids is 2. The highest BCUT2D eigenvalue weighted by Crippen LogP contribution is 2.20. The minimum absolute atomic E-state index is 0.254. The molecule has 1 heterocycles. The molecular weight excluding hydrogens is 194 g/mol. The molecule has 0 spiro atoms. The Balaban J connectivity index is 1.65. The lowest BCUT2D eigenvalue weighted by molar-refractivity contribution is -0.140. The number of carbonyl (C=O) groups is 2. The molecule has 1 aliphatic heterocycles. The third-order valence-electron chi connectivity index (χ3n) is 3.15. The largest absolute Gasteiger partial charge is 0.376 e. The zero-order valence-electron chi connectivity index (χ0n) is 8.91. The maximum Gasteiger partial charge on any atom is 0.290 e. The monoisotopic (exact) mass is 211 g/mol. The van der Waals surface area contributed by atoms with Gasteiger partial charge in [-0.3, -0.25) is 9.59 Å². The third kappa shape index (κ3) is 2.56. The van der Waals surface area contributed by atoms with Crippen LogP contribution in [0.15, 0.2) is 0 Å². The van der Waals surface area contributed by atoms with E-state index in [9.17, 15) is 9.59 Å². The number of ketones is 1. The zero-order chi connectivity index (χ0) is 10.7. The van der Waals surface area contributed by atoms with Crippen LogP contribution in [0.25, 0.3) is 0 Å². The summed E-state index contributed by atoms with van der Waals surface area (Å²) in [5, 5.41) is 0. The van der Waals surface area contributed by atoms with Crippen molar-refractivity contribution < 1.29 is 14.3 Å². The van der Waals surface area contributed by atoms with Crippen molar-refractivity contribution in [1.29, 1.82) is 0 Å². The molecule has 1 saturated heterocycles. The van der Waals surface area contributed by atoms with E-state index in [1.165, 1.54) is 12.8 Å². The normalized spacial score (nSPS) is 23.1. The fourth-order valence-corrected chi connectivity index (χ4v) is 2.22. The summed E-state index contributed by atoms with van der Waals surface area (Å²) in [4.78, 5) is 23.8. The van der Waals surface area contributed by atoms with E-state index in [4.69, 9.17) is 4.74 Å². The van der Waals surface area contributed by atoms with E-state index in [2.05, 4.69) is 0 Å². The molecule has 1 aliphatic carbocycles. The minimum atomic E-state index is -0.329. The summed E-state index contributed by atoms with van der Waals surface area (Å²) in [6.07, 6.45) is 5.57. The average molecular weight is 211 g/mol. The van der Waals surface area contributed by atoms with Crippen LogP contribution in [0, 0.1) is 0 Å². The molecule has 15 heavy (non-hydrogen) atoms. The highest BCUT2D eigenvalue weighted by molar-refractivity contribution is 6.37. The van der Waals surface area contributed by atoms with Crippen molar-refractivity contribution in [2.75, 3.05) is 19.7 Å². The van der Waals surface area contributed by atoms with Gasteiger partial charge in [-0.25, -0.2) is 0 Å². The number of rotatable bonds is 4. The molecule has 1 amide bonds. The van der Waals surface area contributed by atoms with Crippen molar-refractivity contribution in [2.45, 2.75) is 38.2 Å². The van der Waals surface area contributed by atoms with E-state index in [-0.39, 0.29) is 11.7 Å². The third-order valence-corrected chi connectivity index (χ3v) is 3.15. The van der Waals surface area contributed by atoms with Crippen LogP contribution in [0.5, 0.6) is 0 Å². The van der Waals surface area contributed by atoms with Crippen LogP contribution in [-0.4, -0.2) is 42.4 Å². The second-order valence-corrected chi connectivity index (χ2v) is 4.24. The number of amides is 1. The lowest BCUT2D eigenvalue weighted by Crippen LogP contribution is -2.31. The Bertz CT molecular complexity index is 259. The van der Waals surface area contributed by atoms with Gasteiger partial charge in [-0.15, -0.1) is 0 Å². The maximum absolute atomic E-state index is 11.3. The van der Waals surface area contributed by atoms with Gasteiger partial charge in [0.25, 0.3) is 5.91 Å². The number of Topliss-reactive ketones (excluding diaryl/α,β-unsaturated/α-hetero) is 1. The smallest absolute Gasteiger partial charge is 0.290 e. The summed E-state index contributed by atoms with van der Waals surface area (Å²) in [6, 6.07) is 0. The van der Waals surface area contributed by atoms with E-state index in [1.807, 2.05) is 0 Å². The fourth-order valence-electron chi connectivity index (χ4n) is 2.22. The SMILES string of the molecule is O=C1CCN(CCOC2CCCC2)C1=O. The molecule has 4 nitrogen and oxygen atoms in total. The average Bonchev–Trinajstić information content (AvgIpc) is 2.83. The van der Waals surface area contributed by atoms with Crippen LogP contribution in [0.2, 0.25) is 0 Å². The van der Waals surface area contributed by atoms with Gasteiger partial charge in [-0.05, 0) is 12.8 Å². The molecule has 0 N–H and O–H groups in total. The first kappa shape index (κ1) is 10.6. The molecule has 0 atom stereocenters. The predicted molar refractivity (Wildman–Crippen MR) is 54.4 cm³/mol. The van der Waals surface area contributed by atoms with Gasteiger partial charge < -0.3 is 9.64 Å². The maximum atomic E-state index is 11.3. The van der Waals surface area contributed by atoms with Gasteiger partial charge in [0.2, 0.25) is 5.78 Å². The summed E-state index contributed by atoms with van der Waals surface area (Å²) >= 11 is 0. The number of likely N-dealkylation sites (tertiary alicyclic amines) is 1. The summed E-state index contributed by atoms with van der Waals surface area (Å²) in [5.74, 6) is -0.583. The Kier molecular flexibility index (Phi) is 3.36. The van der Waals surface area contributed by atoms with Gasteiger partial charge in [-0.2, -0.15) is 0 Å². The Morgan fingerprint density at radius 2 is 2.00 bits per heavy atom. The van der Waals surface area contributed by atoms with E-state index < -0.39 is 0 Å². The Labute approximate surface area is 89.6 Å². The van der Waals surface area contributed by atoms with E-state index in [1.54, 1.807) is 4.90 Å². The molecule has 4 heteroatoms. The van der Waals surface area contributed by atoms with E-state index in [0.29, 0.717) is 32.2 Å². The van der Waals surface area contributed by atoms with Crippen LogP contribution >= 0.6 is 0 Å². The van der Waals surface area contributed by atoms with Gasteiger partial charge in [0.15, 0.2) is 0 Å². The Hall–Kier alpha value is -0.900. The van der Waals surface area contributed by atoms with Gasteiger partial charge in [0.05, 0.1) is 12.7 Å². The summed E-state index contributed by atoms with van der Waals surface area (Å²) in [6.45, 7) is 1.72. The van der Waals surface area contributed by atoms with Crippen molar-refractivity contribution in [2.24, 2.45) is 0 Å². The molecule has 0 radical (unpaired) electrons. The zero-order valence-corrected chi connectivity index (χ0v) is 8.91. The van der Waals surface area contributed by atoms with Crippen LogP contribution in [0.1, 0.15) is 32.1 Å². The van der Waals surface area contributed by atoms with Gasteiger partial charge in [0, 0.05) is 19.5 Å². The first-order valence-corrected chi connectivity index (χ1v) is 5.71. The molecule has 84 valence electrons. The van der Waals surface area contributed by atoms with Crippen molar-refractivity contribution in [3.8, 4) is 0 Å². The highest BCUT2D eigenvalue weighted by atomic mass is 16.5. The molecule has 2 rings (SSSR count). The van der Waals surface area contributed by atoms with Crippen molar-refractivity contribution in [3.05, 3.63) is 0 Å². The lowest BCUT2D eigenvalue weighted by Gasteiger charge is -2.16.